The van der Waals surface area contributed by atoms with Crippen LogP contribution < -0.4 is 0 Å². The van der Waals surface area contributed by atoms with E-state index >= 15 is 0 Å². The summed E-state index contributed by atoms with van der Waals surface area (Å²) in [6.07, 6.45) is 2.72. The highest BCUT2D eigenvalue weighted by molar-refractivity contribution is 7.98. The van der Waals surface area contributed by atoms with Crippen LogP contribution in [0.15, 0.2) is 46.2 Å². The van der Waals surface area contributed by atoms with Gasteiger partial charge < -0.3 is 4.52 Å². The molecule has 0 aliphatic carbocycles. The fourth-order valence-corrected chi connectivity index (χ4v) is 3.70. The molecule has 0 saturated heterocycles. The van der Waals surface area contributed by atoms with Crippen LogP contribution in [0.2, 0.25) is 10.0 Å². The van der Waals surface area contributed by atoms with Gasteiger partial charge >= 0.3 is 0 Å². The summed E-state index contributed by atoms with van der Waals surface area (Å²) in [7, 11) is 0. The van der Waals surface area contributed by atoms with Crippen molar-refractivity contribution < 1.29 is 4.52 Å². The second-order valence-corrected chi connectivity index (χ2v) is 7.32. The van der Waals surface area contributed by atoms with Gasteiger partial charge in [0.1, 0.15) is 0 Å². The van der Waals surface area contributed by atoms with Crippen molar-refractivity contribution in [3.63, 3.8) is 0 Å². The highest BCUT2D eigenvalue weighted by atomic mass is 35.5. The largest absolute Gasteiger partial charge is 0.338 e. The molecule has 9 heteroatoms. The predicted molar refractivity (Wildman–Crippen MR) is 102 cm³/mol. The molecule has 0 N–H and O–H groups in total. The van der Waals surface area contributed by atoms with Crippen molar-refractivity contribution in [2.45, 2.75) is 24.3 Å². The van der Waals surface area contributed by atoms with E-state index in [0.717, 1.165) is 12.0 Å². The van der Waals surface area contributed by atoms with Crippen LogP contribution in [-0.2, 0) is 12.2 Å². The Kier molecular flexibility index (Phi) is 4.84. The van der Waals surface area contributed by atoms with E-state index < -0.39 is 0 Å². The van der Waals surface area contributed by atoms with Crippen molar-refractivity contribution in [1.82, 2.24) is 24.7 Å². The number of thioether (sulfide) groups is 1. The van der Waals surface area contributed by atoms with Crippen LogP contribution in [0.1, 0.15) is 18.4 Å². The topological polar surface area (TPSA) is 69.1 Å². The van der Waals surface area contributed by atoms with Crippen LogP contribution in [0.4, 0.5) is 0 Å². The lowest BCUT2D eigenvalue weighted by Crippen LogP contribution is -1.89. The number of fused-ring (bicyclic) bond motifs is 1. The summed E-state index contributed by atoms with van der Waals surface area (Å²) < 4.78 is 7.09. The van der Waals surface area contributed by atoms with Crippen molar-refractivity contribution in [2.75, 3.05) is 0 Å². The number of nitrogens with zero attached hydrogens (tertiary/aromatic N) is 5. The lowest BCUT2D eigenvalue weighted by atomic mass is 10.1. The van der Waals surface area contributed by atoms with Gasteiger partial charge in [0, 0.05) is 11.8 Å². The fourth-order valence-electron chi connectivity index (χ4n) is 2.45. The van der Waals surface area contributed by atoms with Gasteiger partial charge in [-0.2, -0.15) is 4.98 Å². The van der Waals surface area contributed by atoms with Crippen molar-refractivity contribution in [3.05, 3.63) is 58.0 Å². The van der Waals surface area contributed by atoms with Crippen LogP contribution in [-0.4, -0.2) is 24.7 Å². The van der Waals surface area contributed by atoms with E-state index in [2.05, 4.69) is 39.4 Å². The average Bonchev–Trinajstić information content (AvgIpc) is 3.27. The van der Waals surface area contributed by atoms with E-state index in [4.69, 9.17) is 27.7 Å². The lowest BCUT2D eigenvalue weighted by molar-refractivity contribution is 0.391. The molecule has 0 aliphatic heterocycles. The van der Waals surface area contributed by atoms with Gasteiger partial charge in [0.05, 0.1) is 15.8 Å². The minimum absolute atomic E-state index is 0.451. The average molecular weight is 406 g/mol. The Hall–Kier alpha value is -2.09. The molecule has 26 heavy (non-hydrogen) atoms. The van der Waals surface area contributed by atoms with Crippen LogP contribution in [0, 0.1) is 0 Å². The van der Waals surface area contributed by atoms with Crippen molar-refractivity contribution in [1.29, 1.82) is 0 Å². The molecular formula is C17H13Cl2N5OS. The smallest absolute Gasteiger partial charge is 0.237 e. The summed E-state index contributed by atoms with van der Waals surface area (Å²) >= 11 is 13.6. The molecule has 0 aliphatic rings. The maximum absolute atomic E-state index is 6.13. The van der Waals surface area contributed by atoms with Gasteiger partial charge in [-0.05, 0) is 18.1 Å². The molecule has 0 unspecified atom stereocenters. The van der Waals surface area contributed by atoms with E-state index in [9.17, 15) is 0 Å². The van der Waals surface area contributed by atoms with Crippen LogP contribution in [0.3, 0.4) is 0 Å². The molecule has 6 nitrogen and oxygen atoms in total. The van der Waals surface area contributed by atoms with Gasteiger partial charge in [0.15, 0.2) is 10.8 Å². The Labute approximate surface area is 163 Å². The molecule has 0 radical (unpaired) electrons. The van der Waals surface area contributed by atoms with Gasteiger partial charge in [-0.3, -0.25) is 4.40 Å². The molecule has 1 aromatic carbocycles. The number of rotatable bonds is 5. The molecule has 0 amide bonds. The Morgan fingerprint density at radius 1 is 1.15 bits per heavy atom. The minimum atomic E-state index is 0.451. The van der Waals surface area contributed by atoms with Crippen LogP contribution in [0.25, 0.3) is 17.0 Å². The molecule has 0 atom stereocenters. The zero-order valence-corrected chi connectivity index (χ0v) is 16.0. The molecule has 4 rings (SSSR count). The van der Waals surface area contributed by atoms with Gasteiger partial charge in [-0.1, -0.05) is 71.3 Å². The fraction of sp³-hybridized carbons (Fsp3) is 0.176. The van der Waals surface area contributed by atoms with Gasteiger partial charge in [0.2, 0.25) is 11.7 Å². The van der Waals surface area contributed by atoms with Crippen molar-refractivity contribution in [2.24, 2.45) is 0 Å². The van der Waals surface area contributed by atoms with Gasteiger partial charge in [0.25, 0.3) is 0 Å². The molecule has 4 aromatic rings. The zero-order valence-electron chi connectivity index (χ0n) is 13.7. The van der Waals surface area contributed by atoms with E-state index in [1.165, 1.54) is 17.3 Å². The number of aryl methyl sites for hydroxylation is 1. The summed E-state index contributed by atoms with van der Waals surface area (Å²) in [4.78, 5) is 4.44. The van der Waals surface area contributed by atoms with Crippen LogP contribution >= 0.6 is 35.0 Å². The highest BCUT2D eigenvalue weighted by Crippen LogP contribution is 2.27. The molecule has 0 fully saturated rings. The molecular weight excluding hydrogens is 393 g/mol. The Balaban J connectivity index is 1.51. The number of hydrogen-bond acceptors (Lipinski definition) is 6. The van der Waals surface area contributed by atoms with E-state index in [-0.39, 0.29) is 0 Å². The first-order valence-corrected chi connectivity index (χ1v) is 9.62. The predicted octanol–water partition coefficient (Wildman–Crippen LogP) is 4.94. The SMILES string of the molecule is CCc1ccc(-c2noc(CSc3nnc4c(Cl)cc(Cl)cn34)n2)cc1. The normalized spacial score (nSPS) is 11.3. The first-order valence-electron chi connectivity index (χ1n) is 7.88. The minimum Gasteiger partial charge on any atom is -0.338 e. The second kappa shape index (κ2) is 7.26. The summed E-state index contributed by atoms with van der Waals surface area (Å²) in [6.45, 7) is 2.12. The molecule has 132 valence electrons. The van der Waals surface area contributed by atoms with Crippen molar-refractivity contribution >= 4 is 40.6 Å². The maximum Gasteiger partial charge on any atom is 0.237 e. The number of pyridine rings is 1. The van der Waals surface area contributed by atoms with E-state index in [0.29, 0.717) is 38.3 Å². The van der Waals surface area contributed by atoms with Crippen molar-refractivity contribution in [3.8, 4) is 11.4 Å². The lowest BCUT2D eigenvalue weighted by Gasteiger charge is -2.00. The second-order valence-electron chi connectivity index (χ2n) is 5.53. The first-order chi connectivity index (χ1) is 12.6. The standard InChI is InChI=1S/C17H13Cl2N5OS/c1-2-10-3-5-11(6-4-10)15-20-14(25-23-15)9-26-17-22-21-16-13(19)7-12(18)8-24(16)17/h3-8H,2,9H2,1H3. The molecule has 3 heterocycles. The number of aromatic nitrogens is 5. The van der Waals surface area contributed by atoms with E-state index in [1.54, 1.807) is 16.7 Å². The monoisotopic (exact) mass is 405 g/mol. The highest BCUT2D eigenvalue weighted by Gasteiger charge is 2.13. The summed E-state index contributed by atoms with van der Waals surface area (Å²) in [5, 5.41) is 13.9. The molecule has 0 spiro atoms. The third-order valence-electron chi connectivity index (χ3n) is 3.81. The quantitative estimate of drug-likeness (QED) is 0.437. The number of hydrogen-bond donors (Lipinski definition) is 0. The third-order valence-corrected chi connectivity index (χ3v) is 5.22. The van der Waals surface area contributed by atoms with Crippen LogP contribution in [0.5, 0.6) is 0 Å². The van der Waals surface area contributed by atoms with Gasteiger partial charge in [-0.15, -0.1) is 10.2 Å². The summed E-state index contributed by atoms with van der Waals surface area (Å²) in [5.41, 5.74) is 2.75. The zero-order chi connectivity index (χ0) is 18.1. The third kappa shape index (κ3) is 3.42. The summed E-state index contributed by atoms with van der Waals surface area (Å²) in [5.74, 6) is 1.54. The van der Waals surface area contributed by atoms with E-state index in [1.807, 2.05) is 12.1 Å². The Morgan fingerprint density at radius 3 is 2.73 bits per heavy atom. The number of benzene rings is 1. The maximum atomic E-state index is 6.13. The Bertz CT molecular complexity index is 1060. The number of halogens is 2. The molecule has 0 saturated carbocycles. The Morgan fingerprint density at radius 2 is 1.96 bits per heavy atom. The molecule has 0 bridgehead atoms. The summed E-state index contributed by atoms with van der Waals surface area (Å²) in [6, 6.07) is 9.76. The first kappa shape index (κ1) is 17.3. The van der Waals surface area contributed by atoms with Gasteiger partial charge in [-0.25, -0.2) is 0 Å². The molecule has 3 aromatic heterocycles.